The summed E-state index contributed by atoms with van der Waals surface area (Å²) < 4.78 is 0. The largest absolute Gasteiger partial charge is 0.313 e. The second kappa shape index (κ2) is 4.79. The Hall–Kier alpha value is -0.0800. The number of rotatable bonds is 0. The van der Waals surface area contributed by atoms with Crippen LogP contribution in [0.3, 0.4) is 0 Å². The van der Waals surface area contributed by atoms with E-state index in [1.165, 1.54) is 77.0 Å². The molecule has 0 aromatic rings. The third kappa shape index (κ3) is 2.02. The van der Waals surface area contributed by atoms with Gasteiger partial charge in [0.25, 0.3) is 0 Å². The summed E-state index contributed by atoms with van der Waals surface area (Å²) in [6, 6.07) is 0. The molecule has 0 amide bonds. The van der Waals surface area contributed by atoms with Crippen molar-refractivity contribution >= 4 is 0 Å². The minimum atomic E-state index is 0.146. The molecule has 1 N–H and O–H groups in total. The SMILES string of the molecule is CC1CC2(CCCCC2)N(O)C2(CCCCC2)C1. The van der Waals surface area contributed by atoms with Crippen LogP contribution < -0.4 is 0 Å². The molecule has 2 spiro atoms. The number of nitrogens with zero attached hydrogens (tertiary/aromatic N) is 1. The van der Waals surface area contributed by atoms with Crippen molar-refractivity contribution in [2.75, 3.05) is 0 Å². The Labute approximate surface area is 112 Å². The van der Waals surface area contributed by atoms with Gasteiger partial charge in [0.05, 0.1) is 0 Å². The van der Waals surface area contributed by atoms with Gasteiger partial charge in [-0.2, -0.15) is 5.06 Å². The molecule has 3 rings (SSSR count). The average molecular weight is 251 g/mol. The molecule has 1 saturated heterocycles. The van der Waals surface area contributed by atoms with Gasteiger partial charge in [-0.1, -0.05) is 45.4 Å². The van der Waals surface area contributed by atoms with Crippen molar-refractivity contribution in [2.24, 2.45) is 5.92 Å². The van der Waals surface area contributed by atoms with Crippen LogP contribution in [0.15, 0.2) is 0 Å². The second-order valence-corrected chi connectivity index (χ2v) is 7.40. The fourth-order valence-electron chi connectivity index (χ4n) is 5.30. The molecule has 2 heteroatoms. The molecule has 3 fully saturated rings. The van der Waals surface area contributed by atoms with Crippen molar-refractivity contribution in [1.82, 2.24) is 5.06 Å². The fourth-order valence-corrected chi connectivity index (χ4v) is 5.30. The van der Waals surface area contributed by atoms with E-state index in [0.29, 0.717) is 0 Å². The van der Waals surface area contributed by atoms with E-state index in [4.69, 9.17) is 0 Å². The molecular formula is C16H29NO. The maximum atomic E-state index is 11.0. The van der Waals surface area contributed by atoms with Gasteiger partial charge in [0, 0.05) is 11.1 Å². The van der Waals surface area contributed by atoms with Gasteiger partial charge in [-0.15, -0.1) is 0 Å². The molecule has 0 aromatic heterocycles. The number of hydroxylamine groups is 2. The first-order valence-electron chi connectivity index (χ1n) is 8.16. The van der Waals surface area contributed by atoms with Crippen molar-refractivity contribution in [3.8, 4) is 0 Å². The highest BCUT2D eigenvalue weighted by molar-refractivity contribution is 5.05. The minimum absolute atomic E-state index is 0.146. The summed E-state index contributed by atoms with van der Waals surface area (Å²) in [5.74, 6) is 0.796. The topological polar surface area (TPSA) is 23.5 Å². The summed E-state index contributed by atoms with van der Waals surface area (Å²) in [6.45, 7) is 2.42. The van der Waals surface area contributed by atoms with E-state index in [-0.39, 0.29) is 11.1 Å². The van der Waals surface area contributed by atoms with Gasteiger partial charge in [-0.05, 0) is 44.4 Å². The molecule has 0 atom stereocenters. The van der Waals surface area contributed by atoms with Crippen LogP contribution in [-0.2, 0) is 0 Å². The Bertz CT molecular complexity index is 261. The average Bonchev–Trinajstić information content (AvgIpc) is 2.38. The van der Waals surface area contributed by atoms with Crippen molar-refractivity contribution in [3.63, 3.8) is 0 Å². The molecule has 0 aromatic carbocycles. The van der Waals surface area contributed by atoms with Crippen molar-refractivity contribution in [3.05, 3.63) is 0 Å². The van der Waals surface area contributed by atoms with Gasteiger partial charge in [0.15, 0.2) is 0 Å². The van der Waals surface area contributed by atoms with Gasteiger partial charge in [0.2, 0.25) is 0 Å². The fraction of sp³-hybridized carbons (Fsp3) is 1.00. The summed E-state index contributed by atoms with van der Waals surface area (Å²) in [7, 11) is 0. The zero-order chi connectivity index (χ0) is 12.6. The maximum absolute atomic E-state index is 11.0. The van der Waals surface area contributed by atoms with E-state index < -0.39 is 0 Å². The third-order valence-corrected chi connectivity index (χ3v) is 5.92. The molecule has 2 aliphatic carbocycles. The number of hydrogen-bond donors (Lipinski definition) is 1. The molecule has 0 radical (unpaired) electrons. The molecule has 0 bridgehead atoms. The van der Waals surface area contributed by atoms with Crippen molar-refractivity contribution in [2.45, 2.75) is 95.1 Å². The van der Waals surface area contributed by atoms with Crippen LogP contribution in [0.25, 0.3) is 0 Å². The van der Waals surface area contributed by atoms with Crippen LogP contribution in [0, 0.1) is 5.92 Å². The van der Waals surface area contributed by atoms with E-state index in [0.717, 1.165) is 5.92 Å². The Morgan fingerprint density at radius 1 is 0.778 bits per heavy atom. The van der Waals surface area contributed by atoms with Gasteiger partial charge in [-0.25, -0.2) is 0 Å². The highest BCUT2D eigenvalue weighted by Gasteiger charge is 2.53. The molecule has 1 aliphatic heterocycles. The normalized spacial score (nSPS) is 36.0. The zero-order valence-electron chi connectivity index (χ0n) is 12.0. The molecule has 18 heavy (non-hydrogen) atoms. The quantitative estimate of drug-likeness (QED) is 0.684. The lowest BCUT2D eigenvalue weighted by Crippen LogP contribution is -2.64. The summed E-state index contributed by atoms with van der Waals surface area (Å²) in [4.78, 5) is 0. The lowest BCUT2D eigenvalue weighted by Gasteiger charge is -2.59. The maximum Gasteiger partial charge on any atom is 0.0469 e. The molecular weight excluding hydrogens is 222 g/mol. The Kier molecular flexibility index (Phi) is 3.44. The third-order valence-electron chi connectivity index (χ3n) is 5.92. The van der Waals surface area contributed by atoms with E-state index in [9.17, 15) is 5.21 Å². The first-order valence-corrected chi connectivity index (χ1v) is 8.16. The molecule has 1 heterocycles. The summed E-state index contributed by atoms with van der Waals surface area (Å²) >= 11 is 0. The van der Waals surface area contributed by atoms with Crippen LogP contribution in [0.4, 0.5) is 0 Å². The van der Waals surface area contributed by atoms with E-state index >= 15 is 0 Å². The van der Waals surface area contributed by atoms with Crippen LogP contribution in [0.1, 0.15) is 84.0 Å². The van der Waals surface area contributed by atoms with E-state index in [1.54, 1.807) is 0 Å². The monoisotopic (exact) mass is 251 g/mol. The van der Waals surface area contributed by atoms with Gasteiger partial charge in [-0.3, -0.25) is 0 Å². The molecule has 104 valence electrons. The van der Waals surface area contributed by atoms with E-state index in [1.807, 2.05) is 5.06 Å². The lowest BCUT2D eigenvalue weighted by atomic mass is 9.64. The smallest absolute Gasteiger partial charge is 0.0469 e. The first kappa shape index (κ1) is 12.9. The minimum Gasteiger partial charge on any atom is -0.313 e. The standard InChI is InChI=1S/C16H29NO/c1-14-12-15(8-4-2-5-9-15)17(18)16(13-14)10-6-3-7-11-16/h14,18H,2-13H2,1H3. The van der Waals surface area contributed by atoms with Crippen molar-refractivity contribution < 1.29 is 5.21 Å². The lowest BCUT2D eigenvalue weighted by molar-refractivity contribution is -0.285. The second-order valence-electron chi connectivity index (χ2n) is 7.40. The predicted molar refractivity (Wildman–Crippen MR) is 73.7 cm³/mol. The van der Waals surface area contributed by atoms with Crippen LogP contribution in [0.2, 0.25) is 0 Å². The first-order chi connectivity index (χ1) is 8.67. The summed E-state index contributed by atoms with van der Waals surface area (Å²) in [5, 5.41) is 12.9. The van der Waals surface area contributed by atoms with Crippen LogP contribution in [0.5, 0.6) is 0 Å². The highest BCUT2D eigenvalue weighted by Crippen LogP contribution is 2.51. The zero-order valence-corrected chi connectivity index (χ0v) is 12.0. The Morgan fingerprint density at radius 2 is 1.17 bits per heavy atom. The molecule has 3 aliphatic rings. The van der Waals surface area contributed by atoms with Crippen LogP contribution >= 0.6 is 0 Å². The molecule has 0 unspecified atom stereocenters. The number of piperidine rings is 1. The summed E-state index contributed by atoms with van der Waals surface area (Å²) in [6.07, 6.45) is 15.4. The summed E-state index contributed by atoms with van der Waals surface area (Å²) in [5.41, 5.74) is 0.292. The highest BCUT2D eigenvalue weighted by atomic mass is 16.5. The van der Waals surface area contributed by atoms with Gasteiger partial charge >= 0.3 is 0 Å². The van der Waals surface area contributed by atoms with Gasteiger partial charge < -0.3 is 5.21 Å². The Morgan fingerprint density at radius 3 is 1.56 bits per heavy atom. The van der Waals surface area contributed by atoms with E-state index in [2.05, 4.69) is 6.92 Å². The number of hydrogen-bond acceptors (Lipinski definition) is 2. The van der Waals surface area contributed by atoms with Gasteiger partial charge in [0.1, 0.15) is 0 Å². The Balaban J connectivity index is 1.86. The molecule has 2 saturated carbocycles. The van der Waals surface area contributed by atoms with Crippen LogP contribution in [-0.4, -0.2) is 21.3 Å². The molecule has 2 nitrogen and oxygen atoms in total. The van der Waals surface area contributed by atoms with Crippen molar-refractivity contribution in [1.29, 1.82) is 0 Å². The predicted octanol–water partition coefficient (Wildman–Crippen LogP) is 4.51.